The van der Waals surface area contributed by atoms with Crippen molar-refractivity contribution in [3.63, 3.8) is 0 Å². The Morgan fingerprint density at radius 1 is 1.17 bits per heavy atom. The Morgan fingerprint density at radius 3 is 2.67 bits per heavy atom. The third-order valence-corrected chi connectivity index (χ3v) is 5.02. The van der Waals surface area contributed by atoms with Crippen molar-refractivity contribution >= 4 is 11.8 Å². The van der Waals surface area contributed by atoms with Gasteiger partial charge in [-0.3, -0.25) is 14.5 Å². The molecule has 0 radical (unpaired) electrons. The van der Waals surface area contributed by atoms with Crippen molar-refractivity contribution in [3.8, 4) is 0 Å². The maximum Gasteiger partial charge on any atom is 0.237 e. The van der Waals surface area contributed by atoms with E-state index in [2.05, 4.69) is 27.7 Å². The highest BCUT2D eigenvalue weighted by Gasteiger charge is 2.32. The normalized spacial score (nSPS) is 22.8. The monoisotopic (exact) mass is 329 g/mol. The molecule has 2 amide bonds. The first-order chi connectivity index (χ1) is 11.7. The fraction of sp³-hybridized carbons (Fsp3) is 0.579. The highest BCUT2D eigenvalue weighted by Crippen LogP contribution is 2.18. The van der Waals surface area contributed by atoms with Gasteiger partial charge in [0.05, 0.1) is 12.5 Å². The summed E-state index contributed by atoms with van der Waals surface area (Å²) in [4.78, 5) is 26.8. The number of rotatable bonds is 5. The molecule has 3 rings (SSSR count). The Bertz CT molecular complexity index is 555. The summed E-state index contributed by atoms with van der Waals surface area (Å²) in [5.41, 5.74) is 1.17. The number of carbonyl (C=O) groups is 2. The Balaban J connectivity index is 1.59. The SMILES string of the molecule is O=C(CC1C(=O)NCCN1Cc1ccccc1)NC1CCCCC1. The second-order valence-electron chi connectivity index (χ2n) is 6.87. The molecule has 2 N–H and O–H groups in total. The molecule has 24 heavy (non-hydrogen) atoms. The van der Waals surface area contributed by atoms with Crippen LogP contribution in [-0.4, -0.2) is 41.9 Å². The predicted molar refractivity (Wildman–Crippen MR) is 93.3 cm³/mol. The minimum Gasteiger partial charge on any atom is -0.353 e. The van der Waals surface area contributed by atoms with E-state index in [1.807, 2.05) is 18.2 Å². The van der Waals surface area contributed by atoms with Crippen LogP contribution in [0.3, 0.4) is 0 Å². The molecule has 1 aliphatic heterocycles. The summed E-state index contributed by atoms with van der Waals surface area (Å²) >= 11 is 0. The Labute approximate surface area is 143 Å². The molecule has 0 bridgehead atoms. The molecule has 1 saturated carbocycles. The van der Waals surface area contributed by atoms with Gasteiger partial charge in [0.1, 0.15) is 0 Å². The second-order valence-corrected chi connectivity index (χ2v) is 6.87. The quantitative estimate of drug-likeness (QED) is 0.866. The van der Waals surface area contributed by atoms with E-state index in [-0.39, 0.29) is 24.3 Å². The summed E-state index contributed by atoms with van der Waals surface area (Å²) in [6.45, 7) is 2.13. The van der Waals surface area contributed by atoms with Gasteiger partial charge in [-0.2, -0.15) is 0 Å². The van der Waals surface area contributed by atoms with Crippen molar-refractivity contribution < 1.29 is 9.59 Å². The van der Waals surface area contributed by atoms with Crippen LogP contribution in [0.2, 0.25) is 0 Å². The van der Waals surface area contributed by atoms with E-state index in [1.165, 1.54) is 24.8 Å². The molecule has 130 valence electrons. The number of carbonyl (C=O) groups excluding carboxylic acids is 2. The highest BCUT2D eigenvalue weighted by atomic mass is 16.2. The topological polar surface area (TPSA) is 61.4 Å². The van der Waals surface area contributed by atoms with Crippen molar-refractivity contribution in [1.29, 1.82) is 0 Å². The molecular formula is C19H27N3O2. The number of amides is 2. The molecule has 2 aliphatic rings. The molecule has 1 aromatic rings. The zero-order chi connectivity index (χ0) is 16.8. The van der Waals surface area contributed by atoms with Crippen LogP contribution in [-0.2, 0) is 16.1 Å². The van der Waals surface area contributed by atoms with Crippen LogP contribution in [0.5, 0.6) is 0 Å². The number of benzene rings is 1. The predicted octanol–water partition coefficient (Wildman–Crippen LogP) is 1.83. The lowest BCUT2D eigenvalue weighted by atomic mass is 9.95. The largest absolute Gasteiger partial charge is 0.353 e. The summed E-state index contributed by atoms with van der Waals surface area (Å²) in [5, 5.41) is 6.02. The van der Waals surface area contributed by atoms with Crippen molar-refractivity contribution in [2.24, 2.45) is 0 Å². The van der Waals surface area contributed by atoms with Crippen LogP contribution in [0.4, 0.5) is 0 Å². The molecule has 5 heteroatoms. The Hall–Kier alpha value is -1.88. The summed E-state index contributed by atoms with van der Waals surface area (Å²) < 4.78 is 0. The van der Waals surface area contributed by atoms with Crippen LogP contribution in [0.15, 0.2) is 30.3 Å². The minimum absolute atomic E-state index is 0.00186. The smallest absolute Gasteiger partial charge is 0.237 e. The molecular weight excluding hydrogens is 302 g/mol. The maximum absolute atomic E-state index is 12.4. The van der Waals surface area contributed by atoms with Gasteiger partial charge in [-0.05, 0) is 18.4 Å². The van der Waals surface area contributed by atoms with Crippen molar-refractivity contribution in [1.82, 2.24) is 15.5 Å². The van der Waals surface area contributed by atoms with Gasteiger partial charge in [-0.1, -0.05) is 49.6 Å². The van der Waals surface area contributed by atoms with Crippen molar-refractivity contribution in [2.45, 2.75) is 57.2 Å². The third-order valence-electron chi connectivity index (χ3n) is 5.02. The molecule has 0 spiro atoms. The number of nitrogens with one attached hydrogen (secondary N) is 2. The van der Waals surface area contributed by atoms with Crippen LogP contribution in [0.25, 0.3) is 0 Å². The van der Waals surface area contributed by atoms with Crippen LogP contribution < -0.4 is 10.6 Å². The van der Waals surface area contributed by atoms with E-state index in [9.17, 15) is 9.59 Å². The van der Waals surface area contributed by atoms with Gasteiger partial charge in [0.15, 0.2) is 0 Å². The summed E-state index contributed by atoms with van der Waals surface area (Å²) in [7, 11) is 0. The van der Waals surface area contributed by atoms with E-state index in [1.54, 1.807) is 0 Å². The fourth-order valence-corrected chi connectivity index (χ4v) is 3.70. The standard InChI is InChI=1S/C19H27N3O2/c23-18(21-16-9-5-2-6-10-16)13-17-19(24)20-11-12-22(17)14-15-7-3-1-4-8-15/h1,3-4,7-8,16-17H,2,5-6,9-14H2,(H,20,24)(H,21,23). The van der Waals surface area contributed by atoms with E-state index in [0.717, 1.165) is 19.4 Å². The van der Waals surface area contributed by atoms with Crippen LogP contribution >= 0.6 is 0 Å². The number of nitrogens with zero attached hydrogens (tertiary/aromatic N) is 1. The Morgan fingerprint density at radius 2 is 1.92 bits per heavy atom. The average molecular weight is 329 g/mol. The van der Waals surface area contributed by atoms with E-state index in [4.69, 9.17) is 0 Å². The summed E-state index contributed by atoms with van der Waals surface area (Å²) in [5.74, 6) is -0.0296. The molecule has 1 saturated heterocycles. The van der Waals surface area contributed by atoms with E-state index in [0.29, 0.717) is 19.1 Å². The lowest BCUT2D eigenvalue weighted by molar-refractivity contribution is -0.134. The molecule has 1 unspecified atom stereocenters. The first kappa shape index (κ1) is 17.0. The fourth-order valence-electron chi connectivity index (χ4n) is 3.70. The number of hydrogen-bond donors (Lipinski definition) is 2. The first-order valence-corrected chi connectivity index (χ1v) is 9.07. The number of piperazine rings is 1. The lowest BCUT2D eigenvalue weighted by Crippen LogP contribution is -2.56. The highest BCUT2D eigenvalue weighted by molar-refractivity contribution is 5.88. The Kier molecular flexibility index (Phi) is 5.86. The second kappa shape index (κ2) is 8.29. The van der Waals surface area contributed by atoms with Gasteiger partial charge >= 0.3 is 0 Å². The average Bonchev–Trinajstić information content (AvgIpc) is 2.60. The molecule has 0 aromatic heterocycles. The number of hydrogen-bond acceptors (Lipinski definition) is 3. The van der Waals surface area contributed by atoms with Gasteiger partial charge in [0.2, 0.25) is 11.8 Å². The van der Waals surface area contributed by atoms with Crippen LogP contribution in [0, 0.1) is 0 Å². The maximum atomic E-state index is 12.4. The van der Waals surface area contributed by atoms with Gasteiger partial charge < -0.3 is 10.6 Å². The van der Waals surface area contributed by atoms with Crippen molar-refractivity contribution in [3.05, 3.63) is 35.9 Å². The minimum atomic E-state index is -0.373. The molecule has 1 aliphatic carbocycles. The van der Waals surface area contributed by atoms with Crippen molar-refractivity contribution in [2.75, 3.05) is 13.1 Å². The van der Waals surface area contributed by atoms with Gasteiger partial charge in [-0.25, -0.2) is 0 Å². The van der Waals surface area contributed by atoms with Gasteiger partial charge in [-0.15, -0.1) is 0 Å². The van der Waals surface area contributed by atoms with Gasteiger partial charge in [0, 0.05) is 25.7 Å². The lowest BCUT2D eigenvalue weighted by Gasteiger charge is -2.35. The van der Waals surface area contributed by atoms with Gasteiger partial charge in [0.25, 0.3) is 0 Å². The molecule has 1 aromatic carbocycles. The third kappa shape index (κ3) is 4.57. The molecule has 2 fully saturated rings. The zero-order valence-corrected chi connectivity index (χ0v) is 14.2. The molecule has 1 heterocycles. The van der Waals surface area contributed by atoms with Crippen LogP contribution in [0.1, 0.15) is 44.1 Å². The zero-order valence-electron chi connectivity index (χ0n) is 14.2. The van der Waals surface area contributed by atoms with E-state index >= 15 is 0 Å². The summed E-state index contributed by atoms with van der Waals surface area (Å²) in [6.07, 6.45) is 6.02. The first-order valence-electron chi connectivity index (χ1n) is 9.07. The summed E-state index contributed by atoms with van der Waals surface area (Å²) in [6, 6.07) is 10.0. The molecule has 1 atom stereocenters. The molecule has 5 nitrogen and oxygen atoms in total. The van der Waals surface area contributed by atoms with E-state index < -0.39 is 0 Å².